The van der Waals surface area contributed by atoms with E-state index in [4.69, 9.17) is 19.2 Å². The van der Waals surface area contributed by atoms with E-state index >= 15 is 0 Å². The third kappa shape index (κ3) is 98.9. The molecule has 4 nitrogen and oxygen atoms in total. The molecule has 0 aromatic carbocycles. The summed E-state index contributed by atoms with van der Waals surface area (Å²) in [5.74, 6) is 0. The maximum absolute atomic E-state index is 8.55. The van der Waals surface area contributed by atoms with Crippen LogP contribution in [0.3, 0.4) is 0 Å². The number of hydrogen-bond acceptors (Lipinski definition) is 4. The summed E-state index contributed by atoms with van der Waals surface area (Å²) in [5, 5.41) is 0. The molecule has 58 valence electrons. The molecule has 0 N–H and O–H groups in total. The minimum absolute atomic E-state index is 0. The molecule has 0 spiro atoms. The molecule has 6 heteroatoms. The second kappa shape index (κ2) is 10.7. The van der Waals surface area contributed by atoms with Crippen LogP contribution in [0.5, 0.6) is 0 Å². The van der Waals surface area contributed by atoms with E-state index in [1.807, 2.05) is 0 Å². The zero-order valence-corrected chi connectivity index (χ0v) is 10.2. The summed E-state index contributed by atoms with van der Waals surface area (Å²) in [6, 6.07) is 0. The SMILES string of the molecule is O=P([O-])([O-])[O-].[CH2]CCC.[K]. The molecule has 0 rings (SSSR count). The summed E-state index contributed by atoms with van der Waals surface area (Å²) >= 11 is 0. The Morgan fingerprint density at radius 3 is 1.50 bits per heavy atom. The first-order valence-corrected chi connectivity index (χ1v) is 3.90. The Balaban J connectivity index is -0.0000000910. The van der Waals surface area contributed by atoms with E-state index in [1.165, 1.54) is 6.42 Å². The molecule has 10 heavy (non-hydrogen) atoms. The average Bonchev–Trinajstić information content (AvgIpc) is 1.61. The van der Waals surface area contributed by atoms with E-state index in [2.05, 4.69) is 13.8 Å². The minimum atomic E-state index is -5.39. The molecule has 0 saturated carbocycles. The van der Waals surface area contributed by atoms with Gasteiger partial charge in [-0.1, -0.05) is 26.7 Å². The van der Waals surface area contributed by atoms with Crippen molar-refractivity contribution < 1.29 is 19.2 Å². The van der Waals surface area contributed by atoms with E-state index in [-0.39, 0.29) is 51.4 Å². The first kappa shape index (κ1) is 17.7. The second-order valence-electron chi connectivity index (χ2n) is 1.30. The Bertz CT molecular complexity index is 81.0. The molecule has 0 aliphatic heterocycles. The van der Waals surface area contributed by atoms with Crippen molar-refractivity contribution in [3.63, 3.8) is 0 Å². The average molecular weight is 191 g/mol. The summed E-state index contributed by atoms with van der Waals surface area (Å²) < 4.78 is 8.55. The molecule has 0 heterocycles. The van der Waals surface area contributed by atoms with Gasteiger partial charge in [0.2, 0.25) is 0 Å². The molecule has 0 aliphatic rings. The van der Waals surface area contributed by atoms with E-state index in [1.54, 1.807) is 0 Å². The standard InChI is InChI=1S/C4H9.K.H3O4P/c1-3-4-2;;1-5(2,3)4/h1,3-4H2,2H3;;(H3,1,2,3,4)/p-3. The zero-order chi connectivity index (χ0) is 7.91. The molecular formula is C4H9KO4P-3. The molecule has 0 atom stereocenters. The fourth-order valence-electron chi connectivity index (χ4n) is 0. The first-order valence-electron chi connectivity index (χ1n) is 2.44. The van der Waals surface area contributed by atoms with Crippen molar-refractivity contribution in [1.82, 2.24) is 0 Å². The van der Waals surface area contributed by atoms with Gasteiger partial charge in [0.25, 0.3) is 0 Å². The molecule has 0 saturated heterocycles. The third-order valence-electron chi connectivity index (χ3n) is 0.354. The summed E-state index contributed by atoms with van der Waals surface area (Å²) in [6.07, 6.45) is 2.28. The topological polar surface area (TPSA) is 86.2 Å². The molecule has 2 radical (unpaired) electrons. The van der Waals surface area contributed by atoms with Crippen LogP contribution >= 0.6 is 7.82 Å². The molecule has 0 aromatic heterocycles. The molecule has 0 aliphatic carbocycles. The van der Waals surface area contributed by atoms with Gasteiger partial charge in [-0.3, -0.25) is 0 Å². The Morgan fingerprint density at radius 1 is 1.40 bits per heavy atom. The maximum Gasteiger partial charge on any atom is 0 e. The van der Waals surface area contributed by atoms with Crippen molar-refractivity contribution in [3.05, 3.63) is 6.92 Å². The Labute approximate surface area is 104 Å². The molecule has 0 unspecified atom stereocenters. The smallest absolute Gasteiger partial charge is 0 e. The van der Waals surface area contributed by atoms with Gasteiger partial charge in [0, 0.05) is 51.4 Å². The van der Waals surface area contributed by atoms with Crippen LogP contribution in [-0.2, 0) is 4.57 Å². The van der Waals surface area contributed by atoms with Crippen molar-refractivity contribution >= 4 is 59.2 Å². The molecule has 0 bridgehead atoms. The van der Waals surface area contributed by atoms with Crippen LogP contribution in [0, 0.1) is 6.92 Å². The molecule has 0 amide bonds. The summed E-state index contributed by atoms with van der Waals surface area (Å²) in [4.78, 5) is 25.6. The van der Waals surface area contributed by atoms with Gasteiger partial charge in [0.15, 0.2) is 0 Å². The number of rotatable bonds is 1. The minimum Gasteiger partial charge on any atom is -0.822 e. The number of phosphoric acid groups is 1. The summed E-state index contributed by atoms with van der Waals surface area (Å²) in [7, 11) is -5.39. The second-order valence-corrected chi connectivity index (χ2v) is 2.20. The molecule has 0 aromatic rings. The Hall–Kier alpha value is 1.75. The fourth-order valence-corrected chi connectivity index (χ4v) is 0. The van der Waals surface area contributed by atoms with E-state index in [9.17, 15) is 0 Å². The predicted octanol–water partition coefficient (Wildman–Crippen LogP) is -1.58. The van der Waals surface area contributed by atoms with Crippen LogP contribution < -0.4 is 14.7 Å². The van der Waals surface area contributed by atoms with Gasteiger partial charge in [-0.2, -0.15) is 7.82 Å². The predicted molar refractivity (Wildman–Crippen MR) is 33.6 cm³/mol. The summed E-state index contributed by atoms with van der Waals surface area (Å²) in [6.45, 7) is 5.72. The van der Waals surface area contributed by atoms with E-state index in [0.717, 1.165) is 6.42 Å². The van der Waals surface area contributed by atoms with Gasteiger partial charge in [-0.05, 0) is 0 Å². The van der Waals surface area contributed by atoms with Crippen molar-refractivity contribution in [3.8, 4) is 0 Å². The van der Waals surface area contributed by atoms with Crippen LogP contribution in [0.4, 0.5) is 0 Å². The van der Waals surface area contributed by atoms with Gasteiger partial charge in [-0.15, -0.1) is 0 Å². The van der Waals surface area contributed by atoms with Gasteiger partial charge in [0.1, 0.15) is 0 Å². The Kier molecular flexibility index (Phi) is 19.1. The number of hydrogen-bond donors (Lipinski definition) is 0. The number of unbranched alkanes of at least 4 members (excludes halogenated alkanes) is 1. The molecule has 0 fully saturated rings. The monoisotopic (exact) mass is 191 g/mol. The van der Waals surface area contributed by atoms with Crippen LogP contribution in [0.25, 0.3) is 0 Å². The van der Waals surface area contributed by atoms with E-state index < -0.39 is 7.82 Å². The zero-order valence-electron chi connectivity index (χ0n) is 6.20. The van der Waals surface area contributed by atoms with Gasteiger partial charge >= 0.3 is 0 Å². The van der Waals surface area contributed by atoms with Crippen LogP contribution in [0.15, 0.2) is 0 Å². The van der Waals surface area contributed by atoms with Gasteiger partial charge in [0.05, 0.1) is 0 Å². The van der Waals surface area contributed by atoms with Crippen molar-refractivity contribution in [2.24, 2.45) is 0 Å². The van der Waals surface area contributed by atoms with Crippen LogP contribution in [0.2, 0.25) is 0 Å². The normalized spacial score (nSPS) is 8.90. The Morgan fingerprint density at radius 2 is 1.50 bits per heavy atom. The fraction of sp³-hybridized carbons (Fsp3) is 0.750. The maximum atomic E-state index is 8.55. The van der Waals surface area contributed by atoms with Crippen molar-refractivity contribution in [1.29, 1.82) is 0 Å². The molecular weight excluding hydrogens is 182 g/mol. The largest absolute Gasteiger partial charge is 0.822 e. The van der Waals surface area contributed by atoms with Crippen LogP contribution in [-0.4, -0.2) is 51.4 Å². The van der Waals surface area contributed by atoms with Crippen LogP contribution in [0.1, 0.15) is 19.8 Å². The first-order chi connectivity index (χ1) is 3.91. The van der Waals surface area contributed by atoms with Gasteiger partial charge in [-0.25, -0.2) is 0 Å². The quantitative estimate of drug-likeness (QED) is 0.369. The third-order valence-corrected chi connectivity index (χ3v) is 0.354. The van der Waals surface area contributed by atoms with Crippen molar-refractivity contribution in [2.45, 2.75) is 19.8 Å². The van der Waals surface area contributed by atoms with Gasteiger partial charge < -0.3 is 19.2 Å². The summed E-state index contributed by atoms with van der Waals surface area (Å²) in [5.41, 5.74) is 0. The van der Waals surface area contributed by atoms with E-state index in [0.29, 0.717) is 0 Å². The van der Waals surface area contributed by atoms with Crippen molar-refractivity contribution in [2.75, 3.05) is 0 Å².